The molecule has 21 heavy (non-hydrogen) atoms. The van der Waals surface area contributed by atoms with E-state index in [9.17, 15) is 22.8 Å². The van der Waals surface area contributed by atoms with Crippen LogP contribution in [0.5, 0.6) is 0 Å². The molecule has 0 radical (unpaired) electrons. The maximum atomic E-state index is 12.2. The normalized spacial score (nSPS) is 11.2. The van der Waals surface area contributed by atoms with Crippen LogP contribution in [0.15, 0.2) is 24.3 Å². The zero-order valence-corrected chi connectivity index (χ0v) is 11.8. The fraction of sp³-hybridized carbons (Fsp3) is 0.467. The van der Waals surface area contributed by atoms with Gasteiger partial charge in [0.15, 0.2) is 0 Å². The summed E-state index contributed by atoms with van der Waals surface area (Å²) < 4.78 is 36.7. The maximum Gasteiger partial charge on any atom is 0.454 e. The molecule has 0 saturated carbocycles. The molecule has 1 N–H and O–H groups in total. The van der Waals surface area contributed by atoms with Crippen LogP contribution in [0.25, 0.3) is 0 Å². The molecular formula is C15H18F3NO2. The van der Waals surface area contributed by atoms with E-state index in [4.69, 9.17) is 0 Å². The van der Waals surface area contributed by atoms with Gasteiger partial charge in [-0.2, -0.15) is 13.2 Å². The van der Waals surface area contributed by atoms with Gasteiger partial charge >= 0.3 is 6.18 Å². The monoisotopic (exact) mass is 301 g/mol. The highest BCUT2D eigenvalue weighted by Crippen LogP contribution is 2.21. The third kappa shape index (κ3) is 5.57. The second-order valence-corrected chi connectivity index (χ2v) is 4.72. The van der Waals surface area contributed by atoms with E-state index < -0.39 is 17.5 Å². The van der Waals surface area contributed by atoms with E-state index in [-0.39, 0.29) is 11.5 Å². The molecule has 0 heterocycles. The molecule has 0 bridgehead atoms. The van der Waals surface area contributed by atoms with Crippen LogP contribution in [0.1, 0.15) is 53.3 Å². The van der Waals surface area contributed by atoms with Gasteiger partial charge < -0.3 is 5.32 Å². The summed E-state index contributed by atoms with van der Waals surface area (Å²) in [7, 11) is 0. The van der Waals surface area contributed by atoms with Gasteiger partial charge in [0.05, 0.1) is 0 Å². The SMILES string of the molecule is CCCCCCNC(=O)c1ccc(C(=O)C(F)(F)F)cc1. The number of hydrogen-bond donors (Lipinski definition) is 1. The van der Waals surface area contributed by atoms with Gasteiger partial charge in [0, 0.05) is 17.7 Å². The summed E-state index contributed by atoms with van der Waals surface area (Å²) in [6, 6.07) is 4.48. The van der Waals surface area contributed by atoms with Gasteiger partial charge in [-0.3, -0.25) is 9.59 Å². The van der Waals surface area contributed by atoms with Crippen LogP contribution in [0.4, 0.5) is 13.2 Å². The Morgan fingerprint density at radius 1 is 1.00 bits per heavy atom. The number of Topliss-reactive ketones (excluding diaryl/α,β-unsaturated/α-hetero) is 1. The number of alkyl halides is 3. The summed E-state index contributed by atoms with van der Waals surface area (Å²) in [6.45, 7) is 2.62. The number of nitrogens with one attached hydrogen (secondary N) is 1. The van der Waals surface area contributed by atoms with E-state index in [0.29, 0.717) is 6.54 Å². The fourth-order valence-corrected chi connectivity index (χ4v) is 1.79. The van der Waals surface area contributed by atoms with Crippen molar-refractivity contribution in [1.82, 2.24) is 5.32 Å². The number of benzene rings is 1. The third-order valence-electron chi connectivity index (χ3n) is 2.98. The van der Waals surface area contributed by atoms with Crippen molar-refractivity contribution in [2.24, 2.45) is 0 Å². The van der Waals surface area contributed by atoms with Gasteiger partial charge in [0.1, 0.15) is 0 Å². The highest BCUT2D eigenvalue weighted by molar-refractivity contribution is 6.01. The zero-order chi connectivity index (χ0) is 15.9. The topological polar surface area (TPSA) is 46.2 Å². The minimum Gasteiger partial charge on any atom is -0.352 e. The van der Waals surface area contributed by atoms with Crippen molar-refractivity contribution in [3.63, 3.8) is 0 Å². The average Bonchev–Trinajstić information content (AvgIpc) is 2.45. The number of halogens is 3. The van der Waals surface area contributed by atoms with Gasteiger partial charge in [-0.05, 0) is 18.6 Å². The lowest BCUT2D eigenvalue weighted by atomic mass is 10.1. The van der Waals surface area contributed by atoms with Crippen LogP contribution in [-0.2, 0) is 0 Å². The number of carbonyl (C=O) groups excluding carboxylic acids is 2. The number of rotatable bonds is 7. The molecule has 1 aromatic rings. The number of ketones is 1. The molecule has 0 spiro atoms. The Kier molecular flexibility index (Phi) is 6.39. The number of carbonyl (C=O) groups is 2. The van der Waals surface area contributed by atoms with E-state index in [1.54, 1.807) is 0 Å². The van der Waals surface area contributed by atoms with Crippen molar-refractivity contribution in [3.8, 4) is 0 Å². The average molecular weight is 301 g/mol. The molecule has 6 heteroatoms. The van der Waals surface area contributed by atoms with Crippen molar-refractivity contribution in [1.29, 1.82) is 0 Å². The van der Waals surface area contributed by atoms with Crippen LogP contribution in [0.2, 0.25) is 0 Å². The van der Waals surface area contributed by atoms with Gasteiger partial charge in [-0.15, -0.1) is 0 Å². The van der Waals surface area contributed by atoms with Crippen LogP contribution in [0.3, 0.4) is 0 Å². The van der Waals surface area contributed by atoms with E-state index in [0.717, 1.165) is 37.8 Å². The van der Waals surface area contributed by atoms with Crippen LogP contribution < -0.4 is 5.32 Å². The van der Waals surface area contributed by atoms with E-state index >= 15 is 0 Å². The molecular weight excluding hydrogens is 283 g/mol. The molecule has 1 rings (SSSR count). The number of unbranched alkanes of at least 4 members (excludes halogenated alkanes) is 3. The fourth-order valence-electron chi connectivity index (χ4n) is 1.79. The molecule has 1 aromatic carbocycles. The lowest BCUT2D eigenvalue weighted by Crippen LogP contribution is -2.25. The van der Waals surface area contributed by atoms with E-state index in [1.807, 2.05) is 0 Å². The molecule has 0 aromatic heterocycles. The molecule has 0 aliphatic heterocycles. The zero-order valence-electron chi connectivity index (χ0n) is 11.8. The Hall–Kier alpha value is -1.85. The summed E-state index contributed by atoms with van der Waals surface area (Å²) >= 11 is 0. The summed E-state index contributed by atoms with van der Waals surface area (Å²) in [5.41, 5.74) is -0.230. The van der Waals surface area contributed by atoms with Gasteiger partial charge in [-0.25, -0.2) is 0 Å². The van der Waals surface area contributed by atoms with Crippen molar-refractivity contribution in [2.45, 2.75) is 38.8 Å². The first-order valence-corrected chi connectivity index (χ1v) is 6.86. The predicted molar refractivity (Wildman–Crippen MR) is 73.3 cm³/mol. The lowest BCUT2D eigenvalue weighted by molar-refractivity contribution is -0.0885. The summed E-state index contributed by atoms with van der Waals surface area (Å²) in [5, 5.41) is 2.69. The molecule has 0 saturated heterocycles. The highest BCUT2D eigenvalue weighted by Gasteiger charge is 2.39. The lowest BCUT2D eigenvalue weighted by Gasteiger charge is -2.07. The first-order chi connectivity index (χ1) is 9.86. The first kappa shape index (κ1) is 17.2. The van der Waals surface area contributed by atoms with Gasteiger partial charge in [0.2, 0.25) is 0 Å². The minimum atomic E-state index is -4.90. The molecule has 0 fully saturated rings. The number of amides is 1. The van der Waals surface area contributed by atoms with E-state index in [1.165, 1.54) is 12.1 Å². The highest BCUT2D eigenvalue weighted by atomic mass is 19.4. The molecule has 0 aliphatic carbocycles. The molecule has 0 atom stereocenters. The Morgan fingerprint density at radius 3 is 2.10 bits per heavy atom. The van der Waals surface area contributed by atoms with Gasteiger partial charge in [0.25, 0.3) is 11.7 Å². The van der Waals surface area contributed by atoms with Crippen LogP contribution in [0, 0.1) is 0 Å². The Labute approximate surface area is 121 Å². The molecule has 0 unspecified atom stereocenters. The number of hydrogen-bond acceptors (Lipinski definition) is 2. The Balaban J connectivity index is 2.54. The molecule has 3 nitrogen and oxygen atoms in total. The van der Waals surface area contributed by atoms with Crippen molar-refractivity contribution in [3.05, 3.63) is 35.4 Å². The quantitative estimate of drug-likeness (QED) is 0.616. The summed E-state index contributed by atoms with van der Waals surface area (Å²) in [6.07, 6.45) is -0.810. The Bertz CT molecular complexity index is 481. The molecule has 0 aliphatic rings. The van der Waals surface area contributed by atoms with Crippen molar-refractivity contribution >= 4 is 11.7 Å². The second-order valence-electron chi connectivity index (χ2n) is 4.72. The van der Waals surface area contributed by atoms with Crippen LogP contribution in [-0.4, -0.2) is 24.4 Å². The predicted octanol–water partition coefficient (Wildman–Crippen LogP) is 3.74. The summed E-state index contributed by atoms with van der Waals surface area (Å²) in [4.78, 5) is 22.7. The molecule has 1 amide bonds. The largest absolute Gasteiger partial charge is 0.454 e. The van der Waals surface area contributed by atoms with Gasteiger partial charge in [-0.1, -0.05) is 38.3 Å². The maximum absolute atomic E-state index is 12.2. The minimum absolute atomic E-state index is 0.240. The Morgan fingerprint density at radius 2 is 1.57 bits per heavy atom. The second kappa shape index (κ2) is 7.81. The summed E-state index contributed by atoms with van der Waals surface area (Å²) in [5.74, 6) is -2.26. The van der Waals surface area contributed by atoms with Crippen LogP contribution >= 0.6 is 0 Å². The molecule has 116 valence electrons. The standard InChI is InChI=1S/C15H18F3NO2/c1-2-3-4-5-10-19-14(21)12-8-6-11(7-9-12)13(20)15(16,17)18/h6-9H,2-5,10H2,1H3,(H,19,21). The third-order valence-corrected chi connectivity index (χ3v) is 2.98. The van der Waals surface area contributed by atoms with Crippen molar-refractivity contribution < 1.29 is 22.8 Å². The first-order valence-electron chi connectivity index (χ1n) is 6.86. The smallest absolute Gasteiger partial charge is 0.352 e. The van der Waals surface area contributed by atoms with Crippen molar-refractivity contribution in [2.75, 3.05) is 6.54 Å². The van der Waals surface area contributed by atoms with E-state index in [2.05, 4.69) is 12.2 Å².